The van der Waals surface area contributed by atoms with Crippen molar-refractivity contribution in [1.29, 1.82) is 0 Å². The van der Waals surface area contributed by atoms with Gasteiger partial charge < -0.3 is 5.11 Å². The maximum absolute atomic E-state index is 11.9. The molecule has 0 fully saturated rings. The summed E-state index contributed by atoms with van der Waals surface area (Å²) < 4.78 is 24.7. The minimum atomic E-state index is -3.40. The van der Waals surface area contributed by atoms with Crippen LogP contribution in [0, 0.1) is 3.57 Å². The van der Waals surface area contributed by atoms with E-state index in [4.69, 9.17) is 5.11 Å². The minimum Gasteiger partial charge on any atom is -0.481 e. The number of carboxylic acids is 1. The second-order valence-electron chi connectivity index (χ2n) is 3.84. The molecule has 17 heavy (non-hydrogen) atoms. The van der Waals surface area contributed by atoms with Gasteiger partial charge in [-0.2, -0.15) is 0 Å². The fourth-order valence-corrected chi connectivity index (χ4v) is 3.03. The third-order valence-electron chi connectivity index (χ3n) is 2.36. The number of aliphatic carboxylic acids is 1. The lowest BCUT2D eigenvalue weighted by Gasteiger charge is -2.10. The van der Waals surface area contributed by atoms with Gasteiger partial charge >= 0.3 is 5.97 Å². The summed E-state index contributed by atoms with van der Waals surface area (Å²) in [7, 11) is -3.40. The fraction of sp³-hybridized carbons (Fsp3) is 0.364. The van der Waals surface area contributed by atoms with Crippen molar-refractivity contribution in [1.82, 2.24) is 0 Å². The zero-order valence-electron chi connectivity index (χ0n) is 9.26. The summed E-state index contributed by atoms with van der Waals surface area (Å²) in [4.78, 5) is 10.5. The maximum Gasteiger partial charge on any atom is 0.304 e. The fourth-order valence-electron chi connectivity index (χ4n) is 1.33. The Morgan fingerprint density at radius 2 is 1.88 bits per heavy atom. The van der Waals surface area contributed by atoms with Crippen molar-refractivity contribution in [3.05, 3.63) is 33.4 Å². The third-order valence-corrected chi connectivity index (χ3v) is 5.20. The normalized spacial score (nSPS) is 13.3. The van der Waals surface area contributed by atoms with Gasteiger partial charge in [-0.3, -0.25) is 4.79 Å². The Balaban J connectivity index is 2.79. The molecule has 0 saturated heterocycles. The van der Waals surface area contributed by atoms with E-state index in [0.29, 0.717) is 5.56 Å². The van der Waals surface area contributed by atoms with Crippen LogP contribution < -0.4 is 0 Å². The first-order valence-electron chi connectivity index (χ1n) is 4.99. The molecule has 1 atom stereocenters. The Hall–Kier alpha value is -0.630. The molecule has 0 spiro atoms. The number of hydrogen-bond acceptors (Lipinski definition) is 3. The number of halogens is 1. The predicted octanol–water partition coefficient (Wildman–Crippen LogP) is 2.07. The molecule has 1 aromatic carbocycles. The van der Waals surface area contributed by atoms with Gasteiger partial charge in [0.1, 0.15) is 0 Å². The number of hydrogen-bond donors (Lipinski definition) is 1. The molecule has 0 bridgehead atoms. The summed E-state index contributed by atoms with van der Waals surface area (Å²) in [5.74, 6) is -1.21. The van der Waals surface area contributed by atoms with Crippen LogP contribution in [-0.2, 0) is 20.4 Å². The molecule has 0 aliphatic carbocycles. The molecule has 0 radical (unpaired) electrons. The number of benzene rings is 1. The van der Waals surface area contributed by atoms with Crippen LogP contribution in [-0.4, -0.2) is 24.7 Å². The lowest BCUT2D eigenvalue weighted by Crippen LogP contribution is -2.22. The minimum absolute atomic E-state index is 0.113. The van der Waals surface area contributed by atoms with Crippen LogP contribution in [0.2, 0.25) is 0 Å². The average Bonchev–Trinajstić information content (AvgIpc) is 2.20. The van der Waals surface area contributed by atoms with Crippen molar-refractivity contribution in [2.45, 2.75) is 24.3 Å². The van der Waals surface area contributed by atoms with Crippen molar-refractivity contribution in [3.8, 4) is 0 Å². The van der Waals surface area contributed by atoms with Crippen molar-refractivity contribution < 1.29 is 18.3 Å². The Bertz CT molecular complexity index is 493. The van der Waals surface area contributed by atoms with Crippen LogP contribution in [0.1, 0.15) is 18.9 Å². The monoisotopic (exact) mass is 368 g/mol. The van der Waals surface area contributed by atoms with Gasteiger partial charge in [-0.1, -0.05) is 12.1 Å². The highest BCUT2D eigenvalue weighted by Crippen LogP contribution is 2.15. The molecule has 1 rings (SSSR count). The van der Waals surface area contributed by atoms with Gasteiger partial charge in [0.2, 0.25) is 0 Å². The summed E-state index contributed by atoms with van der Waals surface area (Å²) in [5, 5.41) is 7.72. The second-order valence-corrected chi connectivity index (χ2v) is 7.51. The van der Waals surface area contributed by atoms with E-state index in [1.165, 1.54) is 6.92 Å². The zero-order valence-corrected chi connectivity index (χ0v) is 12.2. The van der Waals surface area contributed by atoms with Gasteiger partial charge in [0.25, 0.3) is 0 Å². The quantitative estimate of drug-likeness (QED) is 0.808. The number of carbonyl (C=O) groups is 1. The average molecular weight is 368 g/mol. The standard InChI is InChI=1S/C11H13IO4S/c1-8(6-11(13)14)17(15,16)7-9-2-4-10(12)5-3-9/h2-5,8H,6-7H2,1H3,(H,13,14). The predicted molar refractivity (Wildman–Crippen MR) is 73.5 cm³/mol. The highest BCUT2D eigenvalue weighted by molar-refractivity contribution is 14.1. The Morgan fingerprint density at radius 3 is 2.35 bits per heavy atom. The molecule has 0 aliphatic rings. The van der Waals surface area contributed by atoms with E-state index >= 15 is 0 Å². The summed E-state index contributed by atoms with van der Waals surface area (Å²) in [6, 6.07) is 7.14. The Kier molecular flexibility index (Phi) is 4.93. The van der Waals surface area contributed by atoms with Gasteiger partial charge in [0.05, 0.1) is 17.4 Å². The Morgan fingerprint density at radius 1 is 1.35 bits per heavy atom. The van der Waals surface area contributed by atoms with E-state index in [0.717, 1.165) is 3.57 Å². The SMILES string of the molecule is CC(CC(=O)O)S(=O)(=O)Cc1ccc(I)cc1. The lowest BCUT2D eigenvalue weighted by atomic mass is 10.2. The van der Waals surface area contributed by atoms with Gasteiger partial charge in [-0.25, -0.2) is 8.42 Å². The molecule has 6 heteroatoms. The van der Waals surface area contributed by atoms with Crippen molar-refractivity contribution in [2.75, 3.05) is 0 Å². The van der Waals surface area contributed by atoms with Gasteiger partial charge in [0.15, 0.2) is 9.84 Å². The van der Waals surface area contributed by atoms with Crippen LogP contribution in [0.3, 0.4) is 0 Å². The summed E-state index contributed by atoms with van der Waals surface area (Å²) >= 11 is 2.14. The molecule has 1 aromatic rings. The smallest absolute Gasteiger partial charge is 0.304 e. The number of carboxylic acid groups (broad SMARTS) is 1. The van der Waals surface area contributed by atoms with Gasteiger partial charge in [-0.05, 0) is 47.2 Å². The molecule has 1 unspecified atom stereocenters. The zero-order chi connectivity index (χ0) is 13.1. The van der Waals surface area contributed by atoms with Crippen molar-refractivity contribution >= 4 is 38.4 Å². The first-order chi connectivity index (χ1) is 7.81. The highest BCUT2D eigenvalue weighted by atomic mass is 127. The van der Waals surface area contributed by atoms with Crippen molar-refractivity contribution in [2.24, 2.45) is 0 Å². The van der Waals surface area contributed by atoms with Gasteiger partial charge in [0, 0.05) is 3.57 Å². The van der Waals surface area contributed by atoms with Crippen LogP contribution >= 0.6 is 22.6 Å². The summed E-state index contributed by atoms with van der Waals surface area (Å²) in [6.45, 7) is 1.43. The largest absolute Gasteiger partial charge is 0.481 e. The first kappa shape index (κ1) is 14.4. The molecule has 0 saturated carbocycles. The van der Waals surface area contributed by atoms with Crippen LogP contribution in [0.5, 0.6) is 0 Å². The van der Waals surface area contributed by atoms with E-state index in [1.807, 2.05) is 12.1 Å². The highest BCUT2D eigenvalue weighted by Gasteiger charge is 2.23. The molecular formula is C11H13IO4S. The van der Waals surface area contributed by atoms with Crippen LogP contribution in [0.4, 0.5) is 0 Å². The Labute approximate surface area is 114 Å². The molecule has 0 aliphatic heterocycles. The summed E-state index contributed by atoms with van der Waals surface area (Å²) in [6.07, 6.45) is -0.354. The molecule has 0 aromatic heterocycles. The maximum atomic E-state index is 11.9. The second kappa shape index (κ2) is 5.81. The molecule has 0 amide bonds. The third kappa shape index (κ3) is 4.63. The molecule has 4 nitrogen and oxygen atoms in total. The van der Waals surface area contributed by atoms with E-state index in [2.05, 4.69) is 22.6 Å². The molecule has 94 valence electrons. The van der Waals surface area contributed by atoms with Gasteiger partial charge in [-0.15, -0.1) is 0 Å². The van der Waals surface area contributed by atoms with E-state index in [9.17, 15) is 13.2 Å². The molecule has 1 N–H and O–H groups in total. The topological polar surface area (TPSA) is 71.4 Å². The van der Waals surface area contributed by atoms with E-state index in [-0.39, 0.29) is 12.2 Å². The molecule has 0 heterocycles. The molecular weight excluding hydrogens is 355 g/mol. The van der Waals surface area contributed by atoms with Crippen LogP contribution in [0.25, 0.3) is 0 Å². The van der Waals surface area contributed by atoms with Crippen molar-refractivity contribution in [3.63, 3.8) is 0 Å². The number of rotatable bonds is 5. The van der Waals surface area contributed by atoms with Crippen LogP contribution in [0.15, 0.2) is 24.3 Å². The lowest BCUT2D eigenvalue weighted by molar-refractivity contribution is -0.136. The summed E-state index contributed by atoms with van der Waals surface area (Å²) in [5.41, 5.74) is 0.683. The van der Waals surface area contributed by atoms with E-state index in [1.54, 1.807) is 12.1 Å². The number of sulfone groups is 1. The van der Waals surface area contributed by atoms with E-state index < -0.39 is 21.1 Å². The first-order valence-corrected chi connectivity index (χ1v) is 7.78.